The first-order valence-electron chi connectivity index (χ1n) is 5.08. The molecule has 0 aromatic heterocycles. The summed E-state index contributed by atoms with van der Waals surface area (Å²) in [5, 5.41) is 21.3. The van der Waals surface area contributed by atoms with Gasteiger partial charge >= 0.3 is 0 Å². The topological polar surface area (TPSA) is 64.9 Å². The van der Waals surface area contributed by atoms with Gasteiger partial charge in [-0.1, -0.05) is 19.0 Å². The lowest BCUT2D eigenvalue weighted by atomic mass is 9.82. The quantitative estimate of drug-likeness (QED) is 0.443. The molecule has 14 heavy (non-hydrogen) atoms. The molecule has 2 rings (SSSR count). The molecule has 0 aromatic rings. The van der Waals surface area contributed by atoms with Crippen LogP contribution >= 0.6 is 0 Å². The molecule has 4 nitrogen and oxygen atoms in total. The summed E-state index contributed by atoms with van der Waals surface area (Å²) in [5.74, 6) is 1.26. The molecule has 2 saturated carbocycles. The number of nitrogens with one attached hydrogen (secondary N) is 1. The Morgan fingerprint density at radius 3 is 2.50 bits per heavy atom. The van der Waals surface area contributed by atoms with Gasteiger partial charge in [-0.15, -0.1) is 0 Å². The van der Waals surface area contributed by atoms with Crippen molar-refractivity contribution < 1.29 is 10.4 Å². The average molecular weight is 198 g/mol. The minimum absolute atomic E-state index is 0.338. The minimum atomic E-state index is -0.538. The predicted octanol–water partition coefficient (Wildman–Crippen LogP) is 1.62. The predicted molar refractivity (Wildman–Crippen MR) is 52.5 cm³/mol. The first-order valence-corrected chi connectivity index (χ1v) is 5.08. The second kappa shape index (κ2) is 2.70. The number of rotatable bonds is 1. The smallest absolute Gasteiger partial charge is 0.0818 e. The monoisotopic (exact) mass is 198 g/mol. The van der Waals surface area contributed by atoms with Gasteiger partial charge in [-0.2, -0.15) is 5.48 Å². The number of hydrogen-bond donors (Lipinski definition) is 3. The van der Waals surface area contributed by atoms with Crippen molar-refractivity contribution in [1.29, 1.82) is 0 Å². The molecule has 0 spiro atoms. The summed E-state index contributed by atoms with van der Waals surface area (Å²) in [6.07, 6.45) is 1.64. The van der Waals surface area contributed by atoms with E-state index in [2.05, 4.69) is 24.5 Å². The fraction of sp³-hybridized carbons (Fsp3) is 0.900. The molecule has 0 unspecified atom stereocenters. The molecule has 4 heteroatoms. The number of fused-ring (bicyclic) bond motifs is 1. The molecule has 2 fully saturated rings. The first kappa shape index (κ1) is 9.93. The lowest BCUT2D eigenvalue weighted by Crippen LogP contribution is -2.50. The summed E-state index contributed by atoms with van der Waals surface area (Å²) >= 11 is 0. The number of oxime groups is 1. The highest BCUT2D eigenvalue weighted by Crippen LogP contribution is 2.65. The molecule has 0 radical (unpaired) electrons. The van der Waals surface area contributed by atoms with Gasteiger partial charge in [0.15, 0.2) is 0 Å². The Labute approximate surface area is 84.0 Å². The van der Waals surface area contributed by atoms with Crippen molar-refractivity contribution in [2.24, 2.45) is 22.4 Å². The van der Waals surface area contributed by atoms with Crippen LogP contribution in [0.15, 0.2) is 5.16 Å². The summed E-state index contributed by atoms with van der Waals surface area (Å²) in [6.45, 7) is 6.35. The summed E-state index contributed by atoms with van der Waals surface area (Å²) in [7, 11) is 0. The average Bonchev–Trinajstić information content (AvgIpc) is 2.66. The fourth-order valence-electron chi connectivity index (χ4n) is 2.92. The van der Waals surface area contributed by atoms with Gasteiger partial charge in [0.2, 0.25) is 0 Å². The summed E-state index contributed by atoms with van der Waals surface area (Å²) < 4.78 is 0. The van der Waals surface area contributed by atoms with Crippen LogP contribution in [0.25, 0.3) is 0 Å². The number of hydroxylamine groups is 1. The Bertz CT molecular complexity index is 288. The maximum Gasteiger partial charge on any atom is 0.0818 e. The molecule has 0 bridgehead atoms. The number of nitrogens with zero attached hydrogens (tertiary/aromatic N) is 1. The second-order valence-electron chi connectivity index (χ2n) is 5.43. The van der Waals surface area contributed by atoms with E-state index >= 15 is 0 Å². The molecule has 0 saturated heterocycles. The maximum absolute atomic E-state index is 9.12. The second-order valence-corrected chi connectivity index (χ2v) is 5.43. The molecular weight excluding hydrogens is 180 g/mol. The van der Waals surface area contributed by atoms with E-state index in [1.165, 1.54) is 0 Å². The normalized spacial score (nSPS) is 47.6. The molecule has 0 heterocycles. The highest BCUT2D eigenvalue weighted by molar-refractivity contribution is 5.94. The van der Waals surface area contributed by atoms with Crippen molar-refractivity contribution in [3.8, 4) is 0 Å². The Morgan fingerprint density at radius 2 is 2.00 bits per heavy atom. The van der Waals surface area contributed by atoms with Crippen LogP contribution in [0.2, 0.25) is 0 Å². The molecule has 0 aliphatic heterocycles. The Hall–Kier alpha value is -0.610. The van der Waals surface area contributed by atoms with Crippen LogP contribution in [-0.4, -0.2) is 21.7 Å². The third-order valence-electron chi connectivity index (χ3n) is 4.33. The van der Waals surface area contributed by atoms with Crippen LogP contribution in [-0.2, 0) is 0 Å². The summed E-state index contributed by atoms with van der Waals surface area (Å²) in [6, 6.07) is 0. The zero-order valence-electron chi connectivity index (χ0n) is 8.91. The summed E-state index contributed by atoms with van der Waals surface area (Å²) in [5.41, 5.74) is 2.76. The largest absolute Gasteiger partial charge is 0.411 e. The molecule has 2 aliphatic carbocycles. The molecule has 3 atom stereocenters. The lowest BCUT2D eigenvalue weighted by Gasteiger charge is -2.32. The van der Waals surface area contributed by atoms with E-state index in [4.69, 9.17) is 10.4 Å². The van der Waals surface area contributed by atoms with Gasteiger partial charge in [-0.05, 0) is 37.0 Å². The van der Waals surface area contributed by atoms with Crippen LogP contribution in [0, 0.1) is 17.3 Å². The van der Waals surface area contributed by atoms with E-state index in [-0.39, 0.29) is 0 Å². The molecule has 0 aromatic carbocycles. The first-order chi connectivity index (χ1) is 6.45. The fourth-order valence-corrected chi connectivity index (χ4v) is 2.92. The van der Waals surface area contributed by atoms with Gasteiger partial charge in [0, 0.05) is 0 Å². The van der Waals surface area contributed by atoms with Gasteiger partial charge in [0.05, 0.1) is 11.3 Å². The van der Waals surface area contributed by atoms with E-state index in [0.29, 0.717) is 23.0 Å². The van der Waals surface area contributed by atoms with Crippen molar-refractivity contribution in [2.75, 3.05) is 0 Å². The van der Waals surface area contributed by atoms with Crippen LogP contribution in [0.4, 0.5) is 0 Å². The maximum atomic E-state index is 9.12. The van der Waals surface area contributed by atoms with E-state index in [0.717, 1.165) is 12.8 Å². The third-order valence-corrected chi connectivity index (χ3v) is 4.33. The van der Waals surface area contributed by atoms with Crippen molar-refractivity contribution in [2.45, 2.75) is 39.2 Å². The lowest BCUT2D eigenvalue weighted by molar-refractivity contribution is 0.0902. The van der Waals surface area contributed by atoms with Crippen LogP contribution in [0.5, 0.6) is 0 Å². The van der Waals surface area contributed by atoms with Crippen molar-refractivity contribution in [3.05, 3.63) is 0 Å². The number of hydrogen-bond acceptors (Lipinski definition) is 4. The van der Waals surface area contributed by atoms with Gasteiger partial charge < -0.3 is 10.4 Å². The molecule has 3 N–H and O–H groups in total. The van der Waals surface area contributed by atoms with Crippen molar-refractivity contribution in [1.82, 2.24) is 5.48 Å². The highest BCUT2D eigenvalue weighted by atomic mass is 16.5. The van der Waals surface area contributed by atoms with Crippen LogP contribution < -0.4 is 5.48 Å². The zero-order valence-corrected chi connectivity index (χ0v) is 8.91. The van der Waals surface area contributed by atoms with Crippen LogP contribution in [0.1, 0.15) is 33.6 Å². The molecular formula is C10H18N2O2. The van der Waals surface area contributed by atoms with Crippen molar-refractivity contribution in [3.63, 3.8) is 0 Å². The third kappa shape index (κ3) is 1.10. The zero-order chi connectivity index (χ0) is 10.6. The molecule has 80 valence electrons. The van der Waals surface area contributed by atoms with Gasteiger partial charge in [-0.25, -0.2) is 0 Å². The van der Waals surface area contributed by atoms with E-state index in [1.54, 1.807) is 0 Å². The highest BCUT2D eigenvalue weighted by Gasteiger charge is 2.63. The Balaban J connectivity index is 2.23. The van der Waals surface area contributed by atoms with E-state index in [9.17, 15) is 0 Å². The van der Waals surface area contributed by atoms with Crippen molar-refractivity contribution >= 4 is 5.71 Å². The molecule has 2 aliphatic rings. The standard InChI is InChI=1S/C10H18N2O2/c1-9(2)6-4-8(11-13)10(3,12-14)5-7(6)9/h6-7,12-14H,4-5H2,1-3H3/b11-8-/t6-,7-,10-/m1/s1. The minimum Gasteiger partial charge on any atom is -0.411 e. The Morgan fingerprint density at radius 1 is 1.36 bits per heavy atom. The van der Waals surface area contributed by atoms with Crippen LogP contribution in [0.3, 0.4) is 0 Å². The van der Waals surface area contributed by atoms with E-state index < -0.39 is 5.54 Å². The summed E-state index contributed by atoms with van der Waals surface area (Å²) in [4.78, 5) is 0. The van der Waals surface area contributed by atoms with Gasteiger partial charge in [-0.3, -0.25) is 0 Å². The molecule has 0 amide bonds. The van der Waals surface area contributed by atoms with Gasteiger partial charge in [0.25, 0.3) is 0 Å². The van der Waals surface area contributed by atoms with Gasteiger partial charge in [0.1, 0.15) is 0 Å². The SMILES string of the molecule is CC1(C)[C@@H]2C/C(=N/O)[C@](C)(NO)C[C@H]21. The van der Waals surface area contributed by atoms with E-state index in [1.807, 2.05) is 6.92 Å². The Kier molecular flexibility index (Phi) is 1.92.